The Morgan fingerprint density at radius 1 is 1.38 bits per heavy atom. The van der Waals surface area contributed by atoms with Gasteiger partial charge in [0.1, 0.15) is 0 Å². The van der Waals surface area contributed by atoms with Gasteiger partial charge in [0.05, 0.1) is 17.4 Å². The van der Waals surface area contributed by atoms with E-state index in [0.717, 1.165) is 12.6 Å². The van der Waals surface area contributed by atoms with Crippen LogP contribution in [0.2, 0.25) is 5.02 Å². The monoisotopic (exact) mass is 359 g/mol. The van der Waals surface area contributed by atoms with Crippen molar-refractivity contribution in [3.63, 3.8) is 0 Å². The molecular weight excluding hydrogens is 343 g/mol. The summed E-state index contributed by atoms with van der Waals surface area (Å²) >= 11 is 5.84. The summed E-state index contributed by atoms with van der Waals surface area (Å²) in [5.74, 6) is -0.705. The van der Waals surface area contributed by atoms with Gasteiger partial charge in [-0.3, -0.25) is 4.79 Å². The fraction of sp³-hybridized carbons (Fsp3) is 0.375. The highest BCUT2D eigenvalue weighted by Gasteiger charge is 2.41. The molecule has 0 radical (unpaired) electrons. The Hall–Kier alpha value is -2.02. The molecule has 0 atom stereocenters. The van der Waals surface area contributed by atoms with Gasteiger partial charge in [0.25, 0.3) is 5.91 Å². The molecule has 2 rings (SSSR count). The molecular formula is C16H17ClF3N3O. The van der Waals surface area contributed by atoms with Crippen molar-refractivity contribution in [1.82, 2.24) is 14.7 Å². The van der Waals surface area contributed by atoms with E-state index in [0.29, 0.717) is 17.6 Å². The molecule has 0 aliphatic heterocycles. The molecule has 0 saturated carbocycles. The predicted octanol–water partition coefficient (Wildman–Crippen LogP) is 4.42. The van der Waals surface area contributed by atoms with Gasteiger partial charge in [-0.05, 0) is 24.6 Å². The number of halogens is 4. The summed E-state index contributed by atoms with van der Waals surface area (Å²) in [5, 5.41) is 4.05. The molecule has 0 saturated heterocycles. The Kier molecular flexibility index (Phi) is 5.54. The first-order valence-electron chi connectivity index (χ1n) is 7.42. The molecule has 0 aliphatic rings. The third-order valence-corrected chi connectivity index (χ3v) is 3.75. The molecule has 130 valence electrons. The van der Waals surface area contributed by atoms with Crippen LogP contribution in [0.3, 0.4) is 0 Å². The number of amides is 1. The molecule has 0 bridgehead atoms. The fourth-order valence-corrected chi connectivity index (χ4v) is 2.47. The van der Waals surface area contributed by atoms with E-state index in [4.69, 9.17) is 11.6 Å². The van der Waals surface area contributed by atoms with Gasteiger partial charge in [-0.25, -0.2) is 4.68 Å². The minimum absolute atomic E-state index is 0.144. The molecule has 0 aliphatic carbocycles. The zero-order valence-electron chi connectivity index (χ0n) is 13.3. The lowest BCUT2D eigenvalue weighted by Gasteiger charge is -2.18. The normalized spacial score (nSPS) is 11.6. The summed E-state index contributed by atoms with van der Waals surface area (Å²) in [6, 6.07) is 5.88. The maximum Gasteiger partial charge on any atom is 0.434 e. The van der Waals surface area contributed by atoms with E-state index in [2.05, 4.69) is 5.10 Å². The number of aromatic nitrogens is 2. The molecule has 8 heteroatoms. The van der Waals surface area contributed by atoms with Gasteiger partial charge < -0.3 is 4.90 Å². The minimum Gasteiger partial charge on any atom is -0.342 e. The van der Waals surface area contributed by atoms with Crippen LogP contribution in [-0.4, -0.2) is 34.2 Å². The Balaban J connectivity index is 2.49. The molecule has 1 heterocycles. The van der Waals surface area contributed by atoms with Crippen LogP contribution >= 0.6 is 11.6 Å². The van der Waals surface area contributed by atoms with Crippen molar-refractivity contribution < 1.29 is 18.0 Å². The van der Waals surface area contributed by atoms with E-state index in [-0.39, 0.29) is 10.7 Å². The lowest BCUT2D eigenvalue weighted by atomic mass is 10.2. The summed E-state index contributed by atoms with van der Waals surface area (Å²) in [6.45, 7) is 2.33. The van der Waals surface area contributed by atoms with E-state index in [1.165, 1.54) is 30.1 Å². The first kappa shape index (κ1) is 18.3. The van der Waals surface area contributed by atoms with Crippen molar-refractivity contribution in [3.05, 3.63) is 46.7 Å². The summed E-state index contributed by atoms with van der Waals surface area (Å²) in [4.78, 5) is 13.7. The fourth-order valence-electron chi connectivity index (χ4n) is 2.28. The Morgan fingerprint density at radius 3 is 2.67 bits per heavy atom. The van der Waals surface area contributed by atoms with E-state index in [1.807, 2.05) is 6.92 Å². The molecule has 0 spiro atoms. The standard InChI is InChI=1S/C16H17ClF3N3O/c1-3-4-8-22(2)15(24)13-10-21-23(14(13)16(18,19)20)12-7-5-6-11(17)9-12/h5-7,9-10H,3-4,8H2,1-2H3. The first-order chi connectivity index (χ1) is 11.3. The Morgan fingerprint density at radius 2 is 2.08 bits per heavy atom. The van der Waals surface area contributed by atoms with Crippen LogP contribution in [0.4, 0.5) is 13.2 Å². The van der Waals surface area contributed by atoms with Crippen molar-refractivity contribution in [2.45, 2.75) is 25.9 Å². The molecule has 0 unspecified atom stereocenters. The van der Waals surface area contributed by atoms with Crippen LogP contribution in [0.1, 0.15) is 35.8 Å². The minimum atomic E-state index is -4.73. The van der Waals surface area contributed by atoms with Gasteiger partial charge in [-0.15, -0.1) is 0 Å². The number of hydrogen-bond donors (Lipinski definition) is 0. The molecule has 1 aromatic carbocycles. The molecule has 0 N–H and O–H groups in total. The van der Waals surface area contributed by atoms with E-state index < -0.39 is 23.3 Å². The molecule has 2 aromatic rings. The number of carbonyl (C=O) groups excluding carboxylic acids is 1. The van der Waals surface area contributed by atoms with Gasteiger partial charge in [0.15, 0.2) is 5.69 Å². The summed E-state index contributed by atoms with van der Waals surface area (Å²) < 4.78 is 41.3. The van der Waals surface area contributed by atoms with E-state index >= 15 is 0 Å². The topological polar surface area (TPSA) is 38.1 Å². The van der Waals surface area contributed by atoms with Gasteiger partial charge in [-0.2, -0.15) is 18.3 Å². The molecule has 1 amide bonds. The average Bonchev–Trinajstić information content (AvgIpc) is 2.97. The zero-order valence-corrected chi connectivity index (χ0v) is 14.0. The molecule has 1 aromatic heterocycles. The third kappa shape index (κ3) is 3.90. The van der Waals surface area contributed by atoms with Gasteiger partial charge in [0, 0.05) is 18.6 Å². The average molecular weight is 360 g/mol. The highest BCUT2D eigenvalue weighted by atomic mass is 35.5. The quantitative estimate of drug-likeness (QED) is 0.792. The van der Waals surface area contributed by atoms with Crippen LogP contribution in [0.25, 0.3) is 5.69 Å². The van der Waals surface area contributed by atoms with Crippen LogP contribution in [-0.2, 0) is 6.18 Å². The van der Waals surface area contributed by atoms with E-state index in [1.54, 1.807) is 6.07 Å². The van der Waals surface area contributed by atoms with Gasteiger partial charge in [-0.1, -0.05) is 31.0 Å². The third-order valence-electron chi connectivity index (χ3n) is 3.51. The van der Waals surface area contributed by atoms with Crippen molar-refractivity contribution in [2.75, 3.05) is 13.6 Å². The number of rotatable bonds is 5. The maximum absolute atomic E-state index is 13.5. The first-order valence-corrected chi connectivity index (χ1v) is 7.80. The Labute approximate surface area is 142 Å². The largest absolute Gasteiger partial charge is 0.434 e. The van der Waals surface area contributed by atoms with Crippen LogP contribution in [0, 0.1) is 0 Å². The second-order valence-corrected chi connectivity index (χ2v) is 5.81. The summed E-state index contributed by atoms with van der Waals surface area (Å²) in [6.07, 6.45) is -2.22. The van der Waals surface area contributed by atoms with Crippen molar-refractivity contribution >= 4 is 17.5 Å². The van der Waals surface area contributed by atoms with Crippen molar-refractivity contribution in [3.8, 4) is 5.69 Å². The number of carbonyl (C=O) groups is 1. The van der Waals surface area contributed by atoms with E-state index in [9.17, 15) is 18.0 Å². The number of hydrogen-bond acceptors (Lipinski definition) is 2. The molecule has 24 heavy (non-hydrogen) atoms. The lowest BCUT2D eigenvalue weighted by Crippen LogP contribution is -2.29. The summed E-state index contributed by atoms with van der Waals surface area (Å²) in [5.41, 5.74) is -1.43. The lowest BCUT2D eigenvalue weighted by molar-refractivity contribution is -0.143. The van der Waals surface area contributed by atoms with Crippen LogP contribution in [0.5, 0.6) is 0 Å². The highest BCUT2D eigenvalue weighted by molar-refractivity contribution is 6.30. The maximum atomic E-state index is 13.5. The Bertz CT molecular complexity index is 728. The zero-order chi connectivity index (χ0) is 17.9. The number of nitrogens with zero attached hydrogens (tertiary/aromatic N) is 3. The summed E-state index contributed by atoms with van der Waals surface area (Å²) in [7, 11) is 1.48. The SMILES string of the molecule is CCCCN(C)C(=O)c1cnn(-c2cccc(Cl)c2)c1C(F)(F)F. The number of benzene rings is 1. The van der Waals surface area contributed by atoms with Crippen molar-refractivity contribution in [2.24, 2.45) is 0 Å². The second-order valence-electron chi connectivity index (χ2n) is 5.38. The molecule has 4 nitrogen and oxygen atoms in total. The smallest absolute Gasteiger partial charge is 0.342 e. The molecule has 0 fully saturated rings. The van der Waals surface area contributed by atoms with Crippen molar-refractivity contribution in [1.29, 1.82) is 0 Å². The van der Waals surface area contributed by atoms with Crippen LogP contribution < -0.4 is 0 Å². The van der Waals surface area contributed by atoms with Gasteiger partial charge >= 0.3 is 6.18 Å². The number of unbranched alkanes of at least 4 members (excludes halogenated alkanes) is 1. The second kappa shape index (κ2) is 7.25. The number of alkyl halides is 3. The predicted molar refractivity (Wildman–Crippen MR) is 85.4 cm³/mol. The van der Waals surface area contributed by atoms with Crippen LogP contribution in [0.15, 0.2) is 30.5 Å². The van der Waals surface area contributed by atoms with Gasteiger partial charge in [0.2, 0.25) is 0 Å². The highest BCUT2D eigenvalue weighted by Crippen LogP contribution is 2.34.